The van der Waals surface area contributed by atoms with Gasteiger partial charge in [-0.25, -0.2) is 0 Å². The topological polar surface area (TPSA) is 21.3 Å². The summed E-state index contributed by atoms with van der Waals surface area (Å²) in [4.78, 5) is 0. The van der Waals surface area contributed by atoms with Crippen molar-refractivity contribution in [2.75, 3.05) is 13.7 Å². The van der Waals surface area contributed by atoms with Gasteiger partial charge in [0, 0.05) is 5.54 Å². The van der Waals surface area contributed by atoms with Crippen molar-refractivity contribution in [1.29, 1.82) is 0 Å². The molecule has 0 amide bonds. The van der Waals surface area contributed by atoms with Crippen LogP contribution in [-0.4, -0.2) is 19.2 Å². The minimum Gasteiger partial charge on any atom is -0.497 e. The molecule has 1 N–H and O–H groups in total. The Morgan fingerprint density at radius 2 is 2.22 bits per heavy atom. The summed E-state index contributed by atoms with van der Waals surface area (Å²) in [6.07, 6.45) is 4.98. The number of hydrogen-bond acceptors (Lipinski definition) is 2. The molecule has 0 aliphatic carbocycles. The van der Waals surface area contributed by atoms with E-state index < -0.39 is 0 Å². The predicted molar refractivity (Wildman–Crippen MR) is 76.1 cm³/mol. The first-order chi connectivity index (χ1) is 8.66. The van der Waals surface area contributed by atoms with Crippen LogP contribution >= 0.6 is 0 Å². The van der Waals surface area contributed by atoms with Crippen molar-refractivity contribution >= 4 is 0 Å². The first-order valence-electron chi connectivity index (χ1n) is 7.04. The second-order valence-corrected chi connectivity index (χ2v) is 5.69. The second kappa shape index (κ2) is 5.75. The minimum atomic E-state index is 0.350. The second-order valence-electron chi connectivity index (χ2n) is 5.69. The summed E-state index contributed by atoms with van der Waals surface area (Å²) in [5.74, 6) is 1.66. The number of ether oxygens (including phenoxy) is 1. The molecule has 0 radical (unpaired) electrons. The summed E-state index contributed by atoms with van der Waals surface area (Å²) in [6, 6.07) is 8.45. The molecule has 2 nitrogen and oxygen atoms in total. The maximum absolute atomic E-state index is 5.28. The van der Waals surface area contributed by atoms with Gasteiger partial charge in [0.2, 0.25) is 0 Å². The maximum Gasteiger partial charge on any atom is 0.119 e. The molecule has 100 valence electrons. The molecule has 1 atom stereocenters. The Morgan fingerprint density at radius 3 is 2.83 bits per heavy atom. The molecule has 1 fully saturated rings. The van der Waals surface area contributed by atoms with Crippen molar-refractivity contribution in [3.8, 4) is 5.75 Å². The first-order valence-corrected chi connectivity index (χ1v) is 7.04. The van der Waals surface area contributed by atoms with E-state index >= 15 is 0 Å². The third-order valence-electron chi connectivity index (χ3n) is 4.38. The highest BCUT2D eigenvalue weighted by Crippen LogP contribution is 2.32. The Labute approximate surface area is 111 Å². The van der Waals surface area contributed by atoms with Gasteiger partial charge >= 0.3 is 0 Å². The van der Waals surface area contributed by atoms with E-state index in [2.05, 4.69) is 37.4 Å². The molecule has 1 aliphatic rings. The number of methoxy groups -OCH3 is 1. The first kappa shape index (κ1) is 13.4. The number of benzene rings is 1. The zero-order chi connectivity index (χ0) is 13.0. The molecule has 0 aromatic heterocycles. The number of nitrogens with one attached hydrogen (secondary N) is 1. The number of aryl methyl sites for hydroxylation is 1. The van der Waals surface area contributed by atoms with Crippen molar-refractivity contribution in [1.82, 2.24) is 5.32 Å². The lowest BCUT2D eigenvalue weighted by Crippen LogP contribution is -2.45. The third-order valence-corrected chi connectivity index (χ3v) is 4.38. The molecule has 1 unspecified atom stereocenters. The fourth-order valence-electron chi connectivity index (χ4n) is 3.02. The monoisotopic (exact) mass is 247 g/mol. The molecule has 18 heavy (non-hydrogen) atoms. The van der Waals surface area contributed by atoms with Gasteiger partial charge in [-0.05, 0) is 55.8 Å². The highest BCUT2D eigenvalue weighted by molar-refractivity contribution is 5.28. The van der Waals surface area contributed by atoms with Crippen LogP contribution in [0.1, 0.15) is 38.7 Å². The summed E-state index contributed by atoms with van der Waals surface area (Å²) in [7, 11) is 1.73. The van der Waals surface area contributed by atoms with Crippen molar-refractivity contribution in [3.05, 3.63) is 29.8 Å². The van der Waals surface area contributed by atoms with Gasteiger partial charge in [-0.15, -0.1) is 0 Å². The van der Waals surface area contributed by atoms with Gasteiger partial charge < -0.3 is 10.1 Å². The quantitative estimate of drug-likeness (QED) is 0.861. The summed E-state index contributed by atoms with van der Waals surface area (Å²) in [6.45, 7) is 5.85. The summed E-state index contributed by atoms with van der Waals surface area (Å²) >= 11 is 0. The lowest BCUT2D eigenvalue weighted by molar-refractivity contribution is 0.252. The number of rotatable bonds is 5. The lowest BCUT2D eigenvalue weighted by atomic mass is 9.80. The van der Waals surface area contributed by atoms with Crippen LogP contribution in [-0.2, 0) is 6.42 Å². The molecule has 2 rings (SSSR count). The Balaban J connectivity index is 2.01. The van der Waals surface area contributed by atoms with Crippen molar-refractivity contribution in [2.24, 2.45) is 5.92 Å². The van der Waals surface area contributed by atoms with E-state index in [1.54, 1.807) is 7.11 Å². The zero-order valence-corrected chi connectivity index (χ0v) is 11.8. The van der Waals surface area contributed by atoms with Crippen LogP contribution in [0.5, 0.6) is 5.75 Å². The SMILES string of the molecule is COc1cccc(CCC2(C(C)C)CCCN2)c1. The Bertz CT molecular complexity index is 380. The lowest BCUT2D eigenvalue weighted by Gasteiger charge is -2.34. The van der Waals surface area contributed by atoms with Gasteiger partial charge in [-0.3, -0.25) is 0 Å². The normalized spacial score (nSPS) is 23.6. The van der Waals surface area contributed by atoms with E-state index in [9.17, 15) is 0 Å². The molecule has 1 aromatic rings. The fraction of sp³-hybridized carbons (Fsp3) is 0.625. The molecule has 1 saturated heterocycles. The van der Waals surface area contributed by atoms with Crippen LogP contribution in [0.4, 0.5) is 0 Å². The average Bonchev–Trinajstić information content (AvgIpc) is 2.87. The van der Waals surface area contributed by atoms with Gasteiger partial charge in [0.05, 0.1) is 7.11 Å². The molecule has 0 saturated carbocycles. The van der Waals surface area contributed by atoms with Gasteiger partial charge in [-0.2, -0.15) is 0 Å². The van der Waals surface area contributed by atoms with Gasteiger partial charge in [-0.1, -0.05) is 26.0 Å². The van der Waals surface area contributed by atoms with E-state index in [0.29, 0.717) is 11.5 Å². The van der Waals surface area contributed by atoms with Crippen LogP contribution in [0.25, 0.3) is 0 Å². The smallest absolute Gasteiger partial charge is 0.119 e. The molecule has 0 spiro atoms. The highest BCUT2D eigenvalue weighted by atomic mass is 16.5. The van der Waals surface area contributed by atoms with Crippen molar-refractivity contribution in [3.63, 3.8) is 0 Å². The van der Waals surface area contributed by atoms with Crippen LogP contribution in [0, 0.1) is 5.92 Å². The zero-order valence-electron chi connectivity index (χ0n) is 11.8. The predicted octanol–water partition coefficient (Wildman–Crippen LogP) is 3.41. The Morgan fingerprint density at radius 1 is 1.39 bits per heavy atom. The van der Waals surface area contributed by atoms with E-state index in [4.69, 9.17) is 4.74 Å². The Kier molecular flexibility index (Phi) is 4.28. The molecule has 1 heterocycles. The molecule has 2 heteroatoms. The number of hydrogen-bond donors (Lipinski definition) is 1. The standard InChI is InChI=1S/C16H25NO/c1-13(2)16(9-5-11-17-16)10-8-14-6-4-7-15(12-14)18-3/h4,6-7,12-13,17H,5,8-11H2,1-3H3. The van der Waals surface area contributed by atoms with Gasteiger partial charge in [0.1, 0.15) is 5.75 Å². The van der Waals surface area contributed by atoms with Crippen LogP contribution < -0.4 is 10.1 Å². The van der Waals surface area contributed by atoms with Gasteiger partial charge in [0.15, 0.2) is 0 Å². The van der Waals surface area contributed by atoms with Crippen LogP contribution in [0.15, 0.2) is 24.3 Å². The van der Waals surface area contributed by atoms with Crippen LogP contribution in [0.3, 0.4) is 0 Å². The third kappa shape index (κ3) is 2.86. The van der Waals surface area contributed by atoms with E-state index in [0.717, 1.165) is 12.2 Å². The highest BCUT2D eigenvalue weighted by Gasteiger charge is 2.35. The average molecular weight is 247 g/mol. The van der Waals surface area contributed by atoms with Crippen molar-refractivity contribution < 1.29 is 4.74 Å². The molecule has 1 aromatic carbocycles. The maximum atomic E-state index is 5.28. The molecule has 0 bridgehead atoms. The molecular weight excluding hydrogens is 222 g/mol. The largest absolute Gasteiger partial charge is 0.497 e. The van der Waals surface area contributed by atoms with E-state index in [-0.39, 0.29) is 0 Å². The fourth-order valence-corrected chi connectivity index (χ4v) is 3.02. The molecular formula is C16H25NO. The minimum absolute atomic E-state index is 0.350. The van der Waals surface area contributed by atoms with Crippen molar-refractivity contribution in [2.45, 2.75) is 45.1 Å². The van der Waals surface area contributed by atoms with E-state index in [1.807, 2.05) is 6.07 Å². The van der Waals surface area contributed by atoms with Crippen LogP contribution in [0.2, 0.25) is 0 Å². The molecule has 1 aliphatic heterocycles. The summed E-state index contributed by atoms with van der Waals surface area (Å²) in [5, 5.41) is 3.74. The Hall–Kier alpha value is -1.02. The summed E-state index contributed by atoms with van der Waals surface area (Å²) < 4.78 is 5.28. The van der Waals surface area contributed by atoms with Gasteiger partial charge in [0.25, 0.3) is 0 Å². The van der Waals surface area contributed by atoms with E-state index in [1.165, 1.54) is 31.4 Å². The summed E-state index contributed by atoms with van der Waals surface area (Å²) in [5.41, 5.74) is 1.73.